The lowest BCUT2D eigenvalue weighted by atomic mass is 10.3. The molecule has 26 heavy (non-hydrogen) atoms. The molecule has 1 aromatic carbocycles. The Bertz CT molecular complexity index is 833. The Labute approximate surface area is 160 Å². The van der Waals surface area contributed by atoms with Crippen molar-refractivity contribution in [1.29, 1.82) is 0 Å². The molecule has 0 radical (unpaired) electrons. The molecule has 2 rings (SSSR count). The van der Waals surface area contributed by atoms with E-state index in [0.717, 1.165) is 0 Å². The number of hydrogen-bond donors (Lipinski definition) is 1. The summed E-state index contributed by atoms with van der Waals surface area (Å²) in [6.07, 6.45) is 2.78. The second-order valence-electron chi connectivity index (χ2n) is 5.10. The van der Waals surface area contributed by atoms with Gasteiger partial charge in [0.25, 0.3) is 5.91 Å². The van der Waals surface area contributed by atoms with Crippen LogP contribution in [0.2, 0.25) is 10.0 Å². The summed E-state index contributed by atoms with van der Waals surface area (Å²) in [6.45, 7) is 3.59. The number of rotatable bonds is 7. The lowest BCUT2D eigenvalue weighted by Gasteiger charge is -2.08. The largest absolute Gasteiger partial charge is 0.470 e. The molecule has 0 saturated heterocycles. The summed E-state index contributed by atoms with van der Waals surface area (Å²) in [5.74, 6) is -0.570. The van der Waals surface area contributed by atoms with Crippen LogP contribution in [0.25, 0.3) is 0 Å². The minimum atomic E-state index is -0.525. The van der Waals surface area contributed by atoms with E-state index in [1.54, 1.807) is 38.2 Å². The average Bonchev–Trinajstić information content (AvgIpc) is 3.05. The minimum absolute atomic E-state index is 0.0466. The summed E-state index contributed by atoms with van der Waals surface area (Å²) in [4.78, 5) is 23.5. The van der Waals surface area contributed by atoms with Crippen molar-refractivity contribution in [2.45, 2.75) is 20.6 Å². The van der Waals surface area contributed by atoms with Gasteiger partial charge in [0.1, 0.15) is 10.8 Å². The van der Waals surface area contributed by atoms with Crippen LogP contribution < -0.4 is 10.1 Å². The third-order valence-corrected chi connectivity index (χ3v) is 3.88. The molecule has 1 amide bonds. The molecule has 9 heteroatoms. The van der Waals surface area contributed by atoms with E-state index in [1.165, 1.54) is 16.8 Å². The fraction of sp³-hybridized carbons (Fsp3) is 0.235. The number of amides is 1. The van der Waals surface area contributed by atoms with Gasteiger partial charge >= 0.3 is 5.97 Å². The molecule has 0 aliphatic heterocycles. The Morgan fingerprint density at radius 2 is 2.08 bits per heavy atom. The predicted octanol–water partition coefficient (Wildman–Crippen LogP) is 3.42. The Hall–Kier alpha value is -2.51. The van der Waals surface area contributed by atoms with E-state index in [1.807, 2.05) is 0 Å². The summed E-state index contributed by atoms with van der Waals surface area (Å²) in [5.41, 5.74) is 0.521. The molecule has 1 aromatic heterocycles. The molecule has 0 fully saturated rings. The molecule has 0 aliphatic rings. The third kappa shape index (κ3) is 5.50. The highest BCUT2D eigenvalue weighted by Gasteiger charge is 2.11. The number of aromatic nitrogens is 2. The quantitative estimate of drug-likeness (QED) is 0.571. The van der Waals surface area contributed by atoms with Gasteiger partial charge in [0.2, 0.25) is 0 Å². The standard InChI is InChI=1S/C17H17Cl2N3O4/c1-3-25-15(23)9-11(2)20-17(24)13-7-8-22(21-13)10-26-14-6-4-5-12(18)16(14)19/h4-9H,3,10H2,1-2H3,(H,20,24)/b11-9+. The van der Waals surface area contributed by atoms with Gasteiger partial charge < -0.3 is 14.8 Å². The maximum Gasteiger partial charge on any atom is 0.332 e. The number of nitrogens with zero attached hydrogens (tertiary/aromatic N) is 2. The Morgan fingerprint density at radius 1 is 1.31 bits per heavy atom. The second-order valence-corrected chi connectivity index (χ2v) is 5.88. The van der Waals surface area contributed by atoms with E-state index in [-0.39, 0.29) is 19.0 Å². The number of esters is 1. The molecule has 0 atom stereocenters. The summed E-state index contributed by atoms with van der Waals surface area (Å²) in [6, 6.07) is 6.56. The molecule has 7 nitrogen and oxygen atoms in total. The van der Waals surface area contributed by atoms with Crippen molar-refractivity contribution in [3.8, 4) is 5.75 Å². The first-order valence-electron chi connectivity index (χ1n) is 7.67. The topological polar surface area (TPSA) is 82.5 Å². The molecule has 0 spiro atoms. The maximum absolute atomic E-state index is 12.1. The zero-order chi connectivity index (χ0) is 19.1. The molecule has 138 valence electrons. The van der Waals surface area contributed by atoms with Gasteiger partial charge in [-0.15, -0.1) is 0 Å². The summed E-state index contributed by atoms with van der Waals surface area (Å²) < 4.78 is 11.7. The highest BCUT2D eigenvalue weighted by atomic mass is 35.5. The van der Waals surface area contributed by atoms with Crippen LogP contribution in [-0.4, -0.2) is 28.3 Å². The van der Waals surface area contributed by atoms with Crippen LogP contribution in [0.15, 0.2) is 42.2 Å². The molecular formula is C17H17Cl2N3O4. The first-order chi connectivity index (χ1) is 12.4. The summed E-state index contributed by atoms with van der Waals surface area (Å²) in [7, 11) is 0. The van der Waals surface area contributed by atoms with Gasteiger partial charge in [0, 0.05) is 18.0 Å². The smallest absolute Gasteiger partial charge is 0.332 e. The molecule has 2 aromatic rings. The van der Waals surface area contributed by atoms with Crippen LogP contribution in [0.1, 0.15) is 24.3 Å². The SMILES string of the molecule is CCOC(=O)/C=C(\C)NC(=O)c1ccn(COc2cccc(Cl)c2Cl)n1. The fourth-order valence-corrected chi connectivity index (χ4v) is 2.27. The number of carbonyl (C=O) groups excluding carboxylic acids is 2. The normalized spacial score (nSPS) is 11.2. The Balaban J connectivity index is 1.95. The van der Waals surface area contributed by atoms with Crippen molar-refractivity contribution < 1.29 is 19.1 Å². The second kappa shape index (κ2) is 9.26. The maximum atomic E-state index is 12.1. The van der Waals surface area contributed by atoms with Crippen LogP contribution in [0.3, 0.4) is 0 Å². The van der Waals surface area contributed by atoms with Gasteiger partial charge in [-0.25, -0.2) is 9.48 Å². The fourth-order valence-electron chi connectivity index (χ4n) is 1.93. The van der Waals surface area contributed by atoms with E-state index in [0.29, 0.717) is 21.5 Å². The number of benzene rings is 1. The van der Waals surface area contributed by atoms with E-state index >= 15 is 0 Å². The van der Waals surface area contributed by atoms with Gasteiger partial charge in [0.05, 0.1) is 11.6 Å². The van der Waals surface area contributed by atoms with E-state index in [2.05, 4.69) is 10.4 Å². The zero-order valence-electron chi connectivity index (χ0n) is 14.2. The third-order valence-electron chi connectivity index (χ3n) is 3.07. The van der Waals surface area contributed by atoms with Gasteiger partial charge in [0.15, 0.2) is 12.4 Å². The first kappa shape index (κ1) is 19.8. The average molecular weight is 398 g/mol. The van der Waals surface area contributed by atoms with Crippen molar-refractivity contribution in [1.82, 2.24) is 15.1 Å². The Morgan fingerprint density at radius 3 is 2.81 bits per heavy atom. The van der Waals surface area contributed by atoms with Crippen LogP contribution in [0.5, 0.6) is 5.75 Å². The first-order valence-corrected chi connectivity index (χ1v) is 8.43. The number of allylic oxidation sites excluding steroid dienone is 1. The molecule has 1 N–H and O–H groups in total. The number of halogens is 2. The highest BCUT2D eigenvalue weighted by molar-refractivity contribution is 6.42. The lowest BCUT2D eigenvalue weighted by molar-refractivity contribution is -0.137. The minimum Gasteiger partial charge on any atom is -0.470 e. The van der Waals surface area contributed by atoms with Crippen molar-refractivity contribution >= 4 is 35.1 Å². The van der Waals surface area contributed by atoms with Crippen LogP contribution in [0, 0.1) is 0 Å². The monoisotopic (exact) mass is 397 g/mol. The van der Waals surface area contributed by atoms with Gasteiger partial charge in [-0.2, -0.15) is 5.10 Å². The summed E-state index contributed by atoms with van der Waals surface area (Å²) >= 11 is 12.0. The molecule has 0 aliphatic carbocycles. The molecule has 0 unspecified atom stereocenters. The summed E-state index contributed by atoms with van der Waals surface area (Å²) in [5, 5.41) is 7.35. The predicted molar refractivity (Wildman–Crippen MR) is 97.2 cm³/mol. The number of ether oxygens (including phenoxy) is 2. The van der Waals surface area contributed by atoms with Gasteiger partial charge in [-0.3, -0.25) is 4.79 Å². The van der Waals surface area contributed by atoms with Gasteiger partial charge in [-0.05, 0) is 32.0 Å². The van der Waals surface area contributed by atoms with Crippen LogP contribution >= 0.6 is 23.2 Å². The van der Waals surface area contributed by atoms with E-state index in [9.17, 15) is 9.59 Å². The molecule has 1 heterocycles. The van der Waals surface area contributed by atoms with Crippen molar-refractivity contribution in [3.05, 3.63) is 58.0 Å². The Kier molecular flexibility index (Phi) is 7.06. The number of nitrogens with one attached hydrogen (secondary N) is 1. The van der Waals surface area contributed by atoms with Crippen LogP contribution in [-0.2, 0) is 16.3 Å². The molecular weight excluding hydrogens is 381 g/mol. The lowest BCUT2D eigenvalue weighted by Crippen LogP contribution is -2.23. The number of carbonyl (C=O) groups is 2. The molecule has 0 saturated carbocycles. The van der Waals surface area contributed by atoms with Crippen molar-refractivity contribution in [3.63, 3.8) is 0 Å². The molecule has 0 bridgehead atoms. The van der Waals surface area contributed by atoms with Crippen molar-refractivity contribution in [2.24, 2.45) is 0 Å². The zero-order valence-corrected chi connectivity index (χ0v) is 15.7. The van der Waals surface area contributed by atoms with E-state index < -0.39 is 11.9 Å². The van der Waals surface area contributed by atoms with E-state index in [4.69, 9.17) is 32.7 Å². The van der Waals surface area contributed by atoms with Crippen molar-refractivity contribution in [2.75, 3.05) is 6.61 Å². The van der Waals surface area contributed by atoms with Crippen LogP contribution in [0.4, 0.5) is 0 Å². The number of hydrogen-bond acceptors (Lipinski definition) is 5. The highest BCUT2D eigenvalue weighted by Crippen LogP contribution is 2.31. The van der Waals surface area contributed by atoms with Gasteiger partial charge in [-0.1, -0.05) is 29.3 Å².